The van der Waals surface area contributed by atoms with Crippen molar-refractivity contribution in [1.29, 1.82) is 0 Å². The monoisotopic (exact) mass is 501 g/mol. The molecule has 3 aromatic heterocycles. The summed E-state index contributed by atoms with van der Waals surface area (Å²) in [7, 11) is 0. The number of carbonyl (C=O) groups is 2. The number of benzene rings is 1. The predicted molar refractivity (Wildman–Crippen MR) is 141 cm³/mol. The first-order valence-electron chi connectivity index (χ1n) is 12.0. The Morgan fingerprint density at radius 1 is 1.11 bits per heavy atom. The highest BCUT2D eigenvalue weighted by molar-refractivity contribution is 5.92. The summed E-state index contributed by atoms with van der Waals surface area (Å²) in [6.07, 6.45) is 2.33. The Kier molecular flexibility index (Phi) is 6.93. The molecule has 0 bridgehead atoms. The van der Waals surface area contributed by atoms with E-state index in [1.165, 1.54) is 4.90 Å². The topological polar surface area (TPSA) is 126 Å². The standard InChI is InChI=1S/C27H31N7O3/c1-16-7-8-20-11-19(12-28-22(20)9-16)14-33-15-23(31-32-33)25(35)29-13-21-17(2)10-24(30-18(21)3)34(26(36)37)27(4,5)6/h7-12,15H,13-14H2,1-6H3,(H,29,35)(H,36,37). The minimum atomic E-state index is -1.07. The number of hydrogen-bond acceptors (Lipinski definition) is 6. The Bertz CT molecular complexity index is 1460. The molecule has 0 aliphatic rings. The van der Waals surface area contributed by atoms with E-state index >= 15 is 0 Å². The van der Waals surface area contributed by atoms with Crippen LogP contribution in [-0.2, 0) is 13.1 Å². The lowest BCUT2D eigenvalue weighted by atomic mass is 10.0. The smallest absolute Gasteiger partial charge is 0.413 e. The molecule has 0 radical (unpaired) electrons. The van der Waals surface area contributed by atoms with E-state index in [9.17, 15) is 14.7 Å². The molecule has 37 heavy (non-hydrogen) atoms. The van der Waals surface area contributed by atoms with Gasteiger partial charge in [-0.25, -0.2) is 14.5 Å². The van der Waals surface area contributed by atoms with Crippen molar-refractivity contribution in [3.8, 4) is 0 Å². The van der Waals surface area contributed by atoms with Gasteiger partial charge in [0, 0.05) is 29.4 Å². The van der Waals surface area contributed by atoms with E-state index in [0.29, 0.717) is 18.1 Å². The number of carbonyl (C=O) groups excluding carboxylic acids is 1. The number of anilines is 1. The number of aromatic nitrogens is 5. The van der Waals surface area contributed by atoms with Crippen molar-refractivity contribution >= 4 is 28.7 Å². The Balaban J connectivity index is 1.44. The third-order valence-electron chi connectivity index (χ3n) is 6.07. The summed E-state index contributed by atoms with van der Waals surface area (Å²) < 4.78 is 1.60. The van der Waals surface area contributed by atoms with Crippen LogP contribution in [0.4, 0.5) is 10.6 Å². The lowest BCUT2D eigenvalue weighted by Gasteiger charge is -2.32. The first-order valence-corrected chi connectivity index (χ1v) is 12.0. The number of rotatable bonds is 6. The molecule has 3 heterocycles. The summed E-state index contributed by atoms with van der Waals surface area (Å²) in [4.78, 5) is 34.8. The van der Waals surface area contributed by atoms with Gasteiger partial charge in [-0.05, 0) is 82.0 Å². The van der Waals surface area contributed by atoms with Gasteiger partial charge in [-0.15, -0.1) is 5.10 Å². The van der Waals surface area contributed by atoms with Crippen LogP contribution in [0.15, 0.2) is 42.7 Å². The van der Waals surface area contributed by atoms with Gasteiger partial charge >= 0.3 is 6.09 Å². The van der Waals surface area contributed by atoms with E-state index in [1.807, 2.05) is 52.8 Å². The van der Waals surface area contributed by atoms with Crippen LogP contribution in [0.25, 0.3) is 10.9 Å². The number of nitrogens with zero attached hydrogens (tertiary/aromatic N) is 6. The SMILES string of the molecule is Cc1ccc2cc(Cn3cc(C(=O)NCc4c(C)cc(N(C(=O)O)C(C)(C)C)nc4C)nn3)cnc2c1. The van der Waals surface area contributed by atoms with Crippen LogP contribution >= 0.6 is 0 Å². The van der Waals surface area contributed by atoms with Crippen molar-refractivity contribution < 1.29 is 14.7 Å². The second-order valence-corrected chi connectivity index (χ2v) is 10.2. The molecule has 0 aliphatic carbocycles. The summed E-state index contributed by atoms with van der Waals surface area (Å²) in [5.41, 5.74) is 4.90. The zero-order valence-corrected chi connectivity index (χ0v) is 21.9. The Labute approximate surface area is 215 Å². The van der Waals surface area contributed by atoms with Gasteiger partial charge in [0.25, 0.3) is 5.91 Å². The molecule has 192 valence electrons. The molecule has 4 aromatic rings. The van der Waals surface area contributed by atoms with E-state index in [4.69, 9.17) is 0 Å². The Morgan fingerprint density at radius 3 is 2.54 bits per heavy atom. The highest BCUT2D eigenvalue weighted by Crippen LogP contribution is 2.26. The normalized spacial score (nSPS) is 11.5. The molecule has 0 aliphatic heterocycles. The molecule has 0 spiro atoms. The minimum Gasteiger partial charge on any atom is -0.465 e. The van der Waals surface area contributed by atoms with Crippen LogP contribution in [0.3, 0.4) is 0 Å². The van der Waals surface area contributed by atoms with Crippen LogP contribution in [-0.4, -0.2) is 47.6 Å². The van der Waals surface area contributed by atoms with Gasteiger partial charge in [-0.1, -0.05) is 17.3 Å². The summed E-state index contributed by atoms with van der Waals surface area (Å²) >= 11 is 0. The van der Waals surface area contributed by atoms with Gasteiger partial charge in [0.1, 0.15) is 5.82 Å². The summed E-state index contributed by atoms with van der Waals surface area (Å²) in [6, 6.07) is 9.90. The summed E-state index contributed by atoms with van der Waals surface area (Å²) in [5.74, 6) is -0.00516. The van der Waals surface area contributed by atoms with Crippen molar-refractivity contribution in [2.75, 3.05) is 4.90 Å². The molecule has 0 saturated carbocycles. The average Bonchev–Trinajstić information content (AvgIpc) is 3.26. The lowest BCUT2D eigenvalue weighted by molar-refractivity contribution is 0.0945. The molecule has 10 heteroatoms. The van der Waals surface area contributed by atoms with E-state index in [0.717, 1.165) is 33.2 Å². The van der Waals surface area contributed by atoms with Crippen LogP contribution < -0.4 is 10.2 Å². The maximum atomic E-state index is 12.8. The first-order chi connectivity index (χ1) is 17.4. The van der Waals surface area contributed by atoms with Gasteiger partial charge in [-0.2, -0.15) is 0 Å². The van der Waals surface area contributed by atoms with Crippen molar-refractivity contribution in [2.45, 2.75) is 60.2 Å². The van der Waals surface area contributed by atoms with Crippen LogP contribution in [0.1, 0.15) is 59.2 Å². The van der Waals surface area contributed by atoms with Gasteiger partial charge < -0.3 is 10.4 Å². The number of hydrogen-bond donors (Lipinski definition) is 2. The summed E-state index contributed by atoms with van der Waals surface area (Å²) in [5, 5.41) is 21.7. The zero-order valence-electron chi connectivity index (χ0n) is 21.9. The lowest BCUT2D eigenvalue weighted by Crippen LogP contribution is -2.45. The number of fused-ring (bicyclic) bond motifs is 1. The number of amides is 2. The first kappa shape index (κ1) is 25.7. The summed E-state index contributed by atoms with van der Waals surface area (Å²) in [6.45, 7) is 11.8. The number of nitrogens with one attached hydrogen (secondary N) is 1. The Morgan fingerprint density at radius 2 is 1.86 bits per heavy atom. The number of carboxylic acid groups (broad SMARTS) is 1. The van der Waals surface area contributed by atoms with E-state index < -0.39 is 11.6 Å². The van der Waals surface area contributed by atoms with Crippen molar-refractivity contribution in [3.63, 3.8) is 0 Å². The maximum absolute atomic E-state index is 12.8. The molecule has 2 N–H and O–H groups in total. The second kappa shape index (κ2) is 9.96. The van der Waals surface area contributed by atoms with Crippen molar-refractivity contribution in [1.82, 2.24) is 30.3 Å². The molecule has 0 unspecified atom stereocenters. The fourth-order valence-electron chi connectivity index (χ4n) is 4.24. The van der Waals surface area contributed by atoms with E-state index in [-0.39, 0.29) is 18.1 Å². The molecule has 0 atom stereocenters. The molecule has 1 aromatic carbocycles. The molecular weight excluding hydrogens is 470 g/mol. The second-order valence-electron chi connectivity index (χ2n) is 10.2. The van der Waals surface area contributed by atoms with Crippen LogP contribution in [0.5, 0.6) is 0 Å². The molecule has 4 rings (SSSR count). The maximum Gasteiger partial charge on any atom is 0.413 e. The van der Waals surface area contributed by atoms with E-state index in [1.54, 1.807) is 30.1 Å². The van der Waals surface area contributed by atoms with Gasteiger partial charge in [-0.3, -0.25) is 14.7 Å². The molecule has 0 fully saturated rings. The van der Waals surface area contributed by atoms with E-state index in [2.05, 4.69) is 31.7 Å². The number of pyridine rings is 2. The van der Waals surface area contributed by atoms with Gasteiger partial charge in [0.15, 0.2) is 5.69 Å². The largest absolute Gasteiger partial charge is 0.465 e. The fraction of sp³-hybridized carbons (Fsp3) is 0.333. The average molecular weight is 502 g/mol. The van der Waals surface area contributed by atoms with Crippen LogP contribution in [0, 0.1) is 20.8 Å². The zero-order chi connectivity index (χ0) is 26.9. The Hall–Kier alpha value is -4.34. The fourth-order valence-corrected chi connectivity index (χ4v) is 4.24. The third-order valence-corrected chi connectivity index (χ3v) is 6.07. The van der Waals surface area contributed by atoms with Gasteiger partial charge in [0.05, 0.1) is 18.3 Å². The molecule has 10 nitrogen and oxygen atoms in total. The highest BCUT2D eigenvalue weighted by Gasteiger charge is 2.29. The molecular formula is C27H31N7O3. The quantitative estimate of drug-likeness (QED) is 0.401. The third kappa shape index (κ3) is 5.74. The molecule has 2 amide bonds. The van der Waals surface area contributed by atoms with Crippen LogP contribution in [0.2, 0.25) is 0 Å². The number of aryl methyl sites for hydroxylation is 3. The van der Waals surface area contributed by atoms with Gasteiger partial charge in [0.2, 0.25) is 0 Å². The van der Waals surface area contributed by atoms with Crippen molar-refractivity contribution in [3.05, 3.63) is 76.4 Å². The predicted octanol–water partition coefficient (Wildman–Crippen LogP) is 4.41. The highest BCUT2D eigenvalue weighted by atomic mass is 16.4. The van der Waals surface area contributed by atoms with Crippen molar-refractivity contribution in [2.24, 2.45) is 0 Å². The molecule has 0 saturated heterocycles. The minimum absolute atomic E-state index is 0.203.